The summed E-state index contributed by atoms with van der Waals surface area (Å²) in [6, 6.07) is 18.0. The van der Waals surface area contributed by atoms with Gasteiger partial charge in [0.15, 0.2) is 0 Å². The Bertz CT molecular complexity index is 1310. The van der Waals surface area contributed by atoms with Crippen LogP contribution in [0.1, 0.15) is 28.7 Å². The molecule has 198 valence electrons. The van der Waals surface area contributed by atoms with E-state index < -0.39 is 34.2 Å². The lowest BCUT2D eigenvalue weighted by Crippen LogP contribution is -2.41. The molecule has 3 rings (SSSR count). The predicted octanol–water partition coefficient (Wildman–Crippen LogP) is 5.96. The van der Waals surface area contributed by atoms with Crippen LogP contribution in [0.25, 0.3) is 0 Å². The zero-order valence-corrected chi connectivity index (χ0v) is 22.2. The number of hydrogen-bond acceptors (Lipinski definition) is 4. The van der Waals surface area contributed by atoms with Crippen LogP contribution in [0.2, 0.25) is 0 Å². The number of nitrogens with zero attached hydrogens (tertiary/aromatic N) is 1. The van der Waals surface area contributed by atoms with Gasteiger partial charge in [0.2, 0.25) is 5.91 Å². The lowest BCUT2D eigenvalue weighted by atomic mass is 10.1. The summed E-state index contributed by atoms with van der Waals surface area (Å²) in [6.45, 7) is 3.51. The van der Waals surface area contributed by atoms with Gasteiger partial charge in [-0.3, -0.25) is 9.10 Å². The molecule has 0 aliphatic rings. The van der Waals surface area contributed by atoms with E-state index in [1.165, 1.54) is 29.3 Å². The summed E-state index contributed by atoms with van der Waals surface area (Å²) < 4.78 is 67.4. The normalized spacial score (nSPS) is 11.8. The fraction of sp³-hybridized carbons (Fsp3) is 0.296. The average Bonchev–Trinajstić information content (AvgIpc) is 2.85. The van der Waals surface area contributed by atoms with E-state index >= 15 is 0 Å². The molecule has 0 aliphatic heterocycles. The van der Waals surface area contributed by atoms with Crippen LogP contribution in [0, 0.1) is 13.8 Å². The quantitative estimate of drug-likeness (QED) is 0.299. The minimum Gasteiger partial charge on any atom is -0.354 e. The van der Waals surface area contributed by atoms with Crippen LogP contribution in [-0.4, -0.2) is 33.2 Å². The number of benzene rings is 3. The molecular weight excluding hydrogens is 521 g/mol. The zero-order chi connectivity index (χ0) is 27.1. The van der Waals surface area contributed by atoms with Crippen LogP contribution < -0.4 is 9.62 Å². The number of anilines is 1. The molecule has 3 aromatic rings. The van der Waals surface area contributed by atoms with Gasteiger partial charge in [0.25, 0.3) is 10.0 Å². The molecule has 0 unspecified atom stereocenters. The third-order valence-electron chi connectivity index (χ3n) is 5.66. The fourth-order valence-corrected chi connectivity index (χ4v) is 5.98. The molecule has 0 saturated carbocycles. The highest BCUT2D eigenvalue weighted by atomic mass is 32.2. The van der Waals surface area contributed by atoms with Crippen molar-refractivity contribution in [3.63, 3.8) is 0 Å². The first-order valence-electron chi connectivity index (χ1n) is 11.6. The van der Waals surface area contributed by atoms with Crippen molar-refractivity contribution in [2.45, 2.75) is 37.1 Å². The SMILES string of the molecule is Cc1ccc(S(=O)(=O)N(CC(=O)NCCCSCc2ccccc2C)c2cccc(C(F)(F)F)c2)cc1. The number of halogens is 3. The molecular formula is C27H29F3N2O3S2. The van der Waals surface area contributed by atoms with Gasteiger partial charge in [0.05, 0.1) is 16.1 Å². The molecule has 0 aliphatic carbocycles. The number of sulfonamides is 1. The smallest absolute Gasteiger partial charge is 0.354 e. The largest absolute Gasteiger partial charge is 0.416 e. The zero-order valence-electron chi connectivity index (χ0n) is 20.6. The molecule has 1 N–H and O–H groups in total. The van der Waals surface area contributed by atoms with E-state index in [1.807, 2.05) is 12.1 Å². The van der Waals surface area contributed by atoms with Gasteiger partial charge >= 0.3 is 6.18 Å². The standard InChI is InChI=1S/C27H29F3N2O3S2/c1-20-11-13-25(14-12-20)37(34,35)32(24-10-5-9-23(17-24)27(28,29)30)18-26(33)31-15-6-16-36-19-22-8-4-3-7-21(22)2/h3-5,7-14,17H,6,15-16,18-19H2,1-2H3,(H,31,33). The highest BCUT2D eigenvalue weighted by molar-refractivity contribution is 7.98. The minimum absolute atomic E-state index is 0.115. The van der Waals surface area contributed by atoms with Crippen molar-refractivity contribution < 1.29 is 26.4 Å². The Labute approximate surface area is 220 Å². The van der Waals surface area contributed by atoms with Crippen LogP contribution in [0.4, 0.5) is 18.9 Å². The molecule has 0 saturated heterocycles. The fourth-order valence-electron chi connectivity index (χ4n) is 3.53. The third kappa shape index (κ3) is 8.00. The van der Waals surface area contributed by atoms with Gasteiger partial charge < -0.3 is 5.32 Å². The van der Waals surface area contributed by atoms with E-state index in [0.717, 1.165) is 39.6 Å². The first-order chi connectivity index (χ1) is 17.5. The second-order valence-corrected chi connectivity index (χ2v) is 11.5. The van der Waals surface area contributed by atoms with Crippen LogP contribution in [0.15, 0.2) is 77.7 Å². The maximum atomic E-state index is 13.4. The topological polar surface area (TPSA) is 66.5 Å². The number of carbonyl (C=O) groups is 1. The van der Waals surface area contributed by atoms with Crippen molar-refractivity contribution in [1.82, 2.24) is 5.32 Å². The van der Waals surface area contributed by atoms with Crippen molar-refractivity contribution >= 4 is 33.4 Å². The molecule has 0 radical (unpaired) electrons. The molecule has 0 heterocycles. The number of aryl methyl sites for hydroxylation is 2. The molecule has 0 bridgehead atoms. The molecule has 0 atom stereocenters. The van der Waals surface area contributed by atoms with E-state index in [1.54, 1.807) is 30.8 Å². The Morgan fingerprint density at radius 3 is 2.35 bits per heavy atom. The number of carbonyl (C=O) groups excluding carboxylic acids is 1. The van der Waals surface area contributed by atoms with Crippen molar-refractivity contribution in [3.05, 3.63) is 95.1 Å². The number of nitrogens with one attached hydrogen (secondary N) is 1. The first-order valence-corrected chi connectivity index (χ1v) is 14.2. The summed E-state index contributed by atoms with van der Waals surface area (Å²) in [6.07, 6.45) is -4.00. The lowest BCUT2D eigenvalue weighted by Gasteiger charge is -2.25. The van der Waals surface area contributed by atoms with Crippen molar-refractivity contribution in [1.29, 1.82) is 0 Å². The molecule has 10 heteroatoms. The second-order valence-electron chi connectivity index (χ2n) is 8.56. The molecule has 0 aromatic heterocycles. The van der Waals surface area contributed by atoms with Gasteiger partial charge in [-0.05, 0) is 67.5 Å². The Hall–Kier alpha value is -2.98. The summed E-state index contributed by atoms with van der Waals surface area (Å²) in [5.74, 6) is 1.03. The summed E-state index contributed by atoms with van der Waals surface area (Å²) in [5.41, 5.74) is 2.05. The van der Waals surface area contributed by atoms with Gasteiger partial charge in [0, 0.05) is 12.3 Å². The molecule has 1 amide bonds. The minimum atomic E-state index is -4.66. The summed E-state index contributed by atoms with van der Waals surface area (Å²) in [7, 11) is -4.30. The van der Waals surface area contributed by atoms with E-state index in [2.05, 4.69) is 24.4 Å². The number of hydrogen-bond donors (Lipinski definition) is 1. The maximum Gasteiger partial charge on any atom is 0.416 e. The Balaban J connectivity index is 1.68. The van der Waals surface area contributed by atoms with Gasteiger partial charge in [0.1, 0.15) is 6.54 Å². The van der Waals surface area contributed by atoms with Gasteiger partial charge in [-0.25, -0.2) is 8.42 Å². The van der Waals surface area contributed by atoms with Crippen LogP contribution >= 0.6 is 11.8 Å². The third-order valence-corrected chi connectivity index (χ3v) is 8.54. The van der Waals surface area contributed by atoms with E-state index in [4.69, 9.17) is 0 Å². The first kappa shape index (κ1) is 28.6. The van der Waals surface area contributed by atoms with Gasteiger partial charge in [-0.2, -0.15) is 24.9 Å². The lowest BCUT2D eigenvalue weighted by molar-refractivity contribution is -0.137. The Morgan fingerprint density at radius 2 is 1.68 bits per heavy atom. The van der Waals surface area contributed by atoms with E-state index in [0.29, 0.717) is 13.0 Å². The summed E-state index contributed by atoms with van der Waals surface area (Å²) in [4.78, 5) is 12.6. The van der Waals surface area contributed by atoms with Gasteiger partial charge in [-0.1, -0.05) is 48.0 Å². The van der Waals surface area contributed by atoms with Crippen LogP contribution in [-0.2, 0) is 26.7 Å². The Kier molecular flexibility index (Phi) is 9.67. The summed E-state index contributed by atoms with van der Waals surface area (Å²) >= 11 is 1.73. The molecule has 0 fully saturated rings. The van der Waals surface area contributed by atoms with Crippen LogP contribution in [0.5, 0.6) is 0 Å². The number of alkyl halides is 3. The number of amides is 1. The van der Waals surface area contributed by atoms with Crippen molar-refractivity contribution in [3.8, 4) is 0 Å². The molecule has 0 spiro atoms. The number of rotatable bonds is 11. The van der Waals surface area contributed by atoms with Crippen molar-refractivity contribution in [2.75, 3.05) is 23.1 Å². The van der Waals surface area contributed by atoms with Gasteiger partial charge in [-0.15, -0.1) is 0 Å². The predicted molar refractivity (Wildman–Crippen MR) is 142 cm³/mol. The maximum absolute atomic E-state index is 13.4. The monoisotopic (exact) mass is 550 g/mol. The molecule has 3 aromatic carbocycles. The second kappa shape index (κ2) is 12.5. The molecule has 5 nitrogen and oxygen atoms in total. The summed E-state index contributed by atoms with van der Waals surface area (Å²) in [5, 5.41) is 2.69. The van der Waals surface area contributed by atoms with E-state index in [-0.39, 0.29) is 10.6 Å². The average molecular weight is 551 g/mol. The highest BCUT2D eigenvalue weighted by Gasteiger charge is 2.33. The van der Waals surface area contributed by atoms with Crippen molar-refractivity contribution in [2.24, 2.45) is 0 Å². The number of thioether (sulfide) groups is 1. The highest BCUT2D eigenvalue weighted by Crippen LogP contribution is 2.33. The Morgan fingerprint density at radius 1 is 0.973 bits per heavy atom. The van der Waals surface area contributed by atoms with E-state index in [9.17, 15) is 26.4 Å². The molecule has 37 heavy (non-hydrogen) atoms. The van der Waals surface area contributed by atoms with Crippen LogP contribution in [0.3, 0.4) is 0 Å².